The Morgan fingerprint density at radius 2 is 1.88 bits per heavy atom. The highest BCUT2D eigenvalue weighted by Crippen LogP contribution is 2.24. The second-order valence-corrected chi connectivity index (χ2v) is 8.15. The quantitative estimate of drug-likeness (QED) is 0.377. The molecule has 0 saturated heterocycles. The van der Waals surface area contributed by atoms with Gasteiger partial charge in [0.15, 0.2) is 3.95 Å². The van der Waals surface area contributed by atoms with Gasteiger partial charge in [0, 0.05) is 15.4 Å². The minimum absolute atomic E-state index is 0.239. The van der Waals surface area contributed by atoms with Gasteiger partial charge in [-0.25, -0.2) is 0 Å². The van der Waals surface area contributed by atoms with Crippen LogP contribution in [-0.4, -0.2) is 9.55 Å². The molecule has 0 bridgehead atoms. The number of rotatable bonds is 2. The maximum Gasteiger partial charge on any atom is 0.266 e. The van der Waals surface area contributed by atoms with Crippen LogP contribution in [0.15, 0.2) is 62.6 Å². The predicted molar refractivity (Wildman–Crippen MR) is 108 cm³/mol. The van der Waals surface area contributed by atoms with E-state index in [1.54, 1.807) is 10.6 Å². The molecule has 124 valence electrons. The monoisotopic (exact) mass is 430 g/mol. The molecule has 0 saturated carbocycles. The van der Waals surface area contributed by atoms with Gasteiger partial charge in [0.1, 0.15) is 4.70 Å². The minimum atomic E-state index is -0.287. The van der Waals surface area contributed by atoms with E-state index in [0.717, 1.165) is 10.0 Å². The minimum Gasteiger partial charge on any atom is -0.321 e. The van der Waals surface area contributed by atoms with Crippen molar-refractivity contribution >= 4 is 60.5 Å². The lowest BCUT2D eigenvalue weighted by Crippen LogP contribution is -2.23. The highest BCUT2D eigenvalue weighted by atomic mass is 79.9. The van der Waals surface area contributed by atoms with E-state index in [2.05, 4.69) is 20.9 Å². The molecule has 0 unspecified atom stereocenters. The van der Waals surface area contributed by atoms with E-state index in [9.17, 15) is 9.59 Å². The van der Waals surface area contributed by atoms with Gasteiger partial charge in [-0.05, 0) is 36.0 Å². The van der Waals surface area contributed by atoms with E-state index < -0.39 is 0 Å². The summed E-state index contributed by atoms with van der Waals surface area (Å²) in [4.78, 5) is 28.4. The molecule has 4 aromatic rings. The Bertz CT molecular complexity index is 1290. The Kier molecular flexibility index (Phi) is 4.15. The molecule has 0 radical (unpaired) electrons. The number of hydrogen-bond donors (Lipinski definition) is 1. The van der Waals surface area contributed by atoms with Gasteiger partial charge in [0.05, 0.1) is 11.9 Å². The molecular formula is C18H11BrN2O2S2. The van der Waals surface area contributed by atoms with Crippen LogP contribution in [0.25, 0.3) is 21.0 Å². The maximum atomic E-state index is 13.2. The molecule has 0 aliphatic carbocycles. The molecule has 7 heteroatoms. The van der Waals surface area contributed by atoms with Crippen LogP contribution < -0.4 is 11.1 Å². The first-order valence-electron chi connectivity index (χ1n) is 7.48. The van der Waals surface area contributed by atoms with E-state index in [-0.39, 0.29) is 11.1 Å². The number of halogens is 1. The molecule has 25 heavy (non-hydrogen) atoms. The van der Waals surface area contributed by atoms with Crippen molar-refractivity contribution in [3.63, 3.8) is 0 Å². The summed E-state index contributed by atoms with van der Waals surface area (Å²) in [7, 11) is 0. The Labute approximate surface area is 159 Å². The summed E-state index contributed by atoms with van der Waals surface area (Å²) in [5.74, 6) is 0. The van der Waals surface area contributed by atoms with Crippen LogP contribution in [0.4, 0.5) is 0 Å². The summed E-state index contributed by atoms with van der Waals surface area (Å²) < 4.78 is 3.15. The third-order valence-electron chi connectivity index (χ3n) is 3.98. The van der Waals surface area contributed by atoms with Crippen LogP contribution >= 0.6 is 39.5 Å². The lowest BCUT2D eigenvalue weighted by atomic mass is 10.1. The summed E-state index contributed by atoms with van der Waals surface area (Å²) >= 11 is 9.99. The van der Waals surface area contributed by atoms with Gasteiger partial charge < -0.3 is 4.98 Å². The number of pyridine rings is 1. The normalized spacial score (nSPS) is 11.2. The van der Waals surface area contributed by atoms with E-state index in [0.29, 0.717) is 31.5 Å². The first-order valence-corrected chi connectivity index (χ1v) is 9.49. The maximum absolute atomic E-state index is 13.2. The Morgan fingerprint density at radius 1 is 1.12 bits per heavy atom. The van der Waals surface area contributed by atoms with Crippen molar-refractivity contribution in [1.82, 2.24) is 9.55 Å². The summed E-state index contributed by atoms with van der Waals surface area (Å²) in [5.41, 5.74) is 1.09. The van der Waals surface area contributed by atoms with Crippen LogP contribution in [0.1, 0.15) is 5.56 Å². The molecule has 1 N–H and O–H groups in total. The Morgan fingerprint density at radius 3 is 2.64 bits per heavy atom. The fourth-order valence-corrected chi connectivity index (χ4v) is 4.45. The number of hydrogen-bond acceptors (Lipinski definition) is 4. The molecule has 4 rings (SSSR count). The number of benzene rings is 2. The second-order valence-electron chi connectivity index (χ2n) is 5.59. The number of H-pyrrole nitrogens is 1. The van der Waals surface area contributed by atoms with Gasteiger partial charge in [-0.2, -0.15) is 0 Å². The fraction of sp³-hybridized carbons (Fsp3) is 0.0556. The van der Waals surface area contributed by atoms with Crippen molar-refractivity contribution < 1.29 is 0 Å². The molecule has 0 aliphatic heterocycles. The lowest BCUT2D eigenvalue weighted by molar-refractivity contribution is 0.769. The topological polar surface area (TPSA) is 54.9 Å². The van der Waals surface area contributed by atoms with Crippen molar-refractivity contribution in [3.8, 4) is 0 Å². The molecule has 0 fully saturated rings. The van der Waals surface area contributed by atoms with Gasteiger partial charge in [0.25, 0.3) is 11.1 Å². The zero-order chi connectivity index (χ0) is 17.6. The third kappa shape index (κ3) is 2.88. The molecular weight excluding hydrogens is 420 g/mol. The SMILES string of the molecule is O=c1[nH]c2ccc(Br)cc2c2c(=O)n(Cc3ccccc3)c(=S)sc12. The highest BCUT2D eigenvalue weighted by molar-refractivity contribution is 9.10. The highest BCUT2D eigenvalue weighted by Gasteiger charge is 2.14. The molecule has 0 aliphatic rings. The van der Waals surface area contributed by atoms with Crippen LogP contribution in [0.3, 0.4) is 0 Å². The van der Waals surface area contributed by atoms with Crippen LogP contribution in [-0.2, 0) is 6.54 Å². The van der Waals surface area contributed by atoms with Crippen LogP contribution in [0.5, 0.6) is 0 Å². The van der Waals surface area contributed by atoms with Crippen molar-refractivity contribution in [2.45, 2.75) is 6.54 Å². The smallest absolute Gasteiger partial charge is 0.266 e. The zero-order valence-electron chi connectivity index (χ0n) is 12.8. The lowest BCUT2D eigenvalue weighted by Gasteiger charge is -2.09. The largest absolute Gasteiger partial charge is 0.321 e. The van der Waals surface area contributed by atoms with E-state index in [1.165, 1.54) is 11.3 Å². The van der Waals surface area contributed by atoms with Crippen LogP contribution in [0, 0.1) is 3.95 Å². The van der Waals surface area contributed by atoms with E-state index in [1.807, 2.05) is 42.5 Å². The molecule has 2 aromatic carbocycles. The van der Waals surface area contributed by atoms with Crippen molar-refractivity contribution in [2.24, 2.45) is 0 Å². The second kappa shape index (κ2) is 6.33. The van der Waals surface area contributed by atoms with Gasteiger partial charge in [-0.3, -0.25) is 14.2 Å². The third-order valence-corrected chi connectivity index (χ3v) is 5.94. The summed E-state index contributed by atoms with van der Waals surface area (Å²) in [6.45, 7) is 0.382. The first-order chi connectivity index (χ1) is 12.0. The molecule has 2 aromatic heterocycles. The van der Waals surface area contributed by atoms with Crippen molar-refractivity contribution in [1.29, 1.82) is 0 Å². The molecule has 0 atom stereocenters. The number of aromatic amines is 1. The number of nitrogens with zero attached hydrogens (tertiary/aromatic N) is 1. The van der Waals surface area contributed by atoms with Crippen molar-refractivity contribution in [2.75, 3.05) is 0 Å². The van der Waals surface area contributed by atoms with Gasteiger partial charge >= 0.3 is 0 Å². The summed E-state index contributed by atoms with van der Waals surface area (Å²) in [6.07, 6.45) is 0. The number of fused-ring (bicyclic) bond motifs is 3. The fourth-order valence-electron chi connectivity index (χ4n) is 2.82. The van der Waals surface area contributed by atoms with Gasteiger partial charge in [0.2, 0.25) is 0 Å². The zero-order valence-corrected chi connectivity index (χ0v) is 16.0. The van der Waals surface area contributed by atoms with Crippen LogP contribution in [0.2, 0.25) is 0 Å². The summed E-state index contributed by atoms with van der Waals surface area (Å²) in [6, 6.07) is 15.1. The predicted octanol–water partition coefficient (Wildman–Crippen LogP) is 4.44. The molecule has 2 heterocycles. The van der Waals surface area contributed by atoms with E-state index in [4.69, 9.17) is 12.2 Å². The van der Waals surface area contributed by atoms with Gasteiger partial charge in [-0.15, -0.1) is 11.3 Å². The molecule has 0 spiro atoms. The number of aromatic nitrogens is 2. The van der Waals surface area contributed by atoms with Gasteiger partial charge in [-0.1, -0.05) is 46.3 Å². The average molecular weight is 431 g/mol. The average Bonchev–Trinajstić information content (AvgIpc) is 2.60. The standard InChI is InChI=1S/C18H11BrN2O2S2/c19-11-6-7-13-12(8-11)14-15(16(22)20-13)25-18(24)21(17(14)23)9-10-4-2-1-3-5-10/h1-8H,9H2,(H,20,22). The molecule has 4 nitrogen and oxygen atoms in total. The molecule has 0 amide bonds. The Hall–Kier alpha value is -2.09. The van der Waals surface area contributed by atoms with Crippen molar-refractivity contribution in [3.05, 3.63) is 83.2 Å². The summed E-state index contributed by atoms with van der Waals surface area (Å²) in [5, 5.41) is 1.12. The van der Waals surface area contributed by atoms with E-state index >= 15 is 0 Å². The Balaban J connectivity index is 2.11. The number of nitrogens with one attached hydrogen (secondary N) is 1. The first kappa shape index (κ1) is 16.4.